The molecule has 24 heavy (non-hydrogen) atoms. The van der Waals surface area contributed by atoms with Gasteiger partial charge in [-0.25, -0.2) is 8.42 Å². The Bertz CT molecular complexity index is 728. The lowest BCUT2D eigenvalue weighted by atomic mass is 9.93. The van der Waals surface area contributed by atoms with Crippen molar-refractivity contribution in [3.63, 3.8) is 0 Å². The normalized spacial score (nSPS) is 21.5. The number of carbonyl (C=O) groups excluding carboxylic acids is 1. The largest absolute Gasteiger partial charge is 0.481 e. The first-order valence-corrected chi connectivity index (χ1v) is 9.73. The second-order valence-corrected chi connectivity index (χ2v) is 8.51. The van der Waals surface area contributed by atoms with E-state index in [0.29, 0.717) is 18.4 Å². The van der Waals surface area contributed by atoms with E-state index < -0.39 is 21.7 Å². The minimum absolute atomic E-state index is 0.00402. The number of hydrogen-bond acceptors (Lipinski definition) is 4. The fourth-order valence-electron chi connectivity index (χ4n) is 2.95. The van der Waals surface area contributed by atoms with Gasteiger partial charge >= 0.3 is 5.97 Å². The van der Waals surface area contributed by atoms with Gasteiger partial charge in [0.1, 0.15) is 0 Å². The molecule has 1 heterocycles. The fraction of sp³-hybridized carbons (Fsp3) is 0.529. The van der Waals surface area contributed by atoms with Crippen molar-refractivity contribution < 1.29 is 23.1 Å². The summed E-state index contributed by atoms with van der Waals surface area (Å²) in [6.45, 7) is 3.70. The van der Waals surface area contributed by atoms with E-state index >= 15 is 0 Å². The standard InChI is InChI=1S/C17H23NO5S/c1-3-24(22,23)15-6-4-5-13(9-15)10-16(19)18-11-14(17(20)21)8-7-12(18)2/h4-6,9,12,14H,3,7-8,10-11H2,1-2H3,(H,20,21). The van der Waals surface area contributed by atoms with Crippen molar-refractivity contribution >= 4 is 21.7 Å². The van der Waals surface area contributed by atoms with Crippen LogP contribution in [0.1, 0.15) is 32.3 Å². The van der Waals surface area contributed by atoms with Crippen LogP contribution in [0.3, 0.4) is 0 Å². The molecule has 0 aromatic heterocycles. The molecule has 6 nitrogen and oxygen atoms in total. The van der Waals surface area contributed by atoms with E-state index in [4.69, 9.17) is 5.11 Å². The van der Waals surface area contributed by atoms with E-state index in [9.17, 15) is 18.0 Å². The van der Waals surface area contributed by atoms with Crippen LogP contribution in [0, 0.1) is 5.92 Å². The van der Waals surface area contributed by atoms with Crippen molar-refractivity contribution in [3.05, 3.63) is 29.8 Å². The molecule has 1 N–H and O–H groups in total. The Morgan fingerprint density at radius 3 is 2.62 bits per heavy atom. The van der Waals surface area contributed by atoms with Crippen molar-refractivity contribution in [1.82, 2.24) is 4.90 Å². The van der Waals surface area contributed by atoms with Crippen LogP contribution in [-0.4, -0.2) is 48.6 Å². The van der Waals surface area contributed by atoms with Gasteiger partial charge in [-0.15, -0.1) is 0 Å². The maximum atomic E-state index is 12.6. The Balaban J connectivity index is 2.14. The Morgan fingerprint density at radius 1 is 1.29 bits per heavy atom. The Labute approximate surface area is 142 Å². The van der Waals surface area contributed by atoms with Crippen LogP contribution >= 0.6 is 0 Å². The van der Waals surface area contributed by atoms with Crippen LogP contribution in [0.25, 0.3) is 0 Å². The Kier molecular flexibility index (Phi) is 5.64. The van der Waals surface area contributed by atoms with Gasteiger partial charge in [0, 0.05) is 12.6 Å². The lowest BCUT2D eigenvalue weighted by molar-refractivity contribution is -0.147. The zero-order valence-corrected chi connectivity index (χ0v) is 14.8. The quantitative estimate of drug-likeness (QED) is 0.870. The number of aliphatic carboxylic acids is 1. The van der Waals surface area contributed by atoms with Crippen LogP contribution in [0.5, 0.6) is 0 Å². The first kappa shape index (κ1) is 18.4. The molecule has 0 aliphatic carbocycles. The number of sulfone groups is 1. The number of carboxylic acids is 1. The van der Waals surface area contributed by atoms with Crippen molar-refractivity contribution in [2.45, 2.75) is 44.0 Å². The smallest absolute Gasteiger partial charge is 0.308 e. The summed E-state index contributed by atoms with van der Waals surface area (Å²) in [5, 5.41) is 9.16. The van der Waals surface area contributed by atoms with Crippen molar-refractivity contribution in [2.24, 2.45) is 5.92 Å². The highest BCUT2D eigenvalue weighted by Gasteiger charge is 2.32. The number of benzene rings is 1. The predicted molar refractivity (Wildman–Crippen MR) is 89.4 cm³/mol. The first-order valence-electron chi connectivity index (χ1n) is 8.08. The highest BCUT2D eigenvalue weighted by Crippen LogP contribution is 2.23. The molecule has 1 saturated heterocycles. The van der Waals surface area contributed by atoms with Gasteiger partial charge in [0.15, 0.2) is 9.84 Å². The van der Waals surface area contributed by atoms with Gasteiger partial charge in [0.05, 0.1) is 23.0 Å². The summed E-state index contributed by atoms with van der Waals surface area (Å²) in [6, 6.07) is 6.40. The molecule has 2 unspecified atom stereocenters. The molecule has 7 heteroatoms. The van der Waals surface area contributed by atoms with E-state index in [1.165, 1.54) is 12.1 Å². The molecule has 0 radical (unpaired) electrons. The Hall–Kier alpha value is -1.89. The molecule has 1 aliphatic heterocycles. The van der Waals surface area contributed by atoms with Crippen molar-refractivity contribution in [2.75, 3.05) is 12.3 Å². The summed E-state index contributed by atoms with van der Waals surface area (Å²) < 4.78 is 23.9. The molecular weight excluding hydrogens is 330 g/mol. The number of piperidine rings is 1. The van der Waals surface area contributed by atoms with E-state index in [2.05, 4.69) is 0 Å². The minimum atomic E-state index is -3.31. The monoisotopic (exact) mass is 353 g/mol. The van der Waals surface area contributed by atoms with E-state index in [1.54, 1.807) is 24.0 Å². The summed E-state index contributed by atoms with van der Waals surface area (Å²) in [7, 11) is -3.31. The highest BCUT2D eigenvalue weighted by molar-refractivity contribution is 7.91. The SMILES string of the molecule is CCS(=O)(=O)c1cccc(CC(=O)N2CC(C(=O)O)CCC2C)c1. The van der Waals surface area contributed by atoms with E-state index in [-0.39, 0.29) is 35.6 Å². The third kappa shape index (κ3) is 4.14. The van der Waals surface area contributed by atoms with Crippen LogP contribution in [0.15, 0.2) is 29.2 Å². The molecule has 1 amide bonds. The van der Waals surface area contributed by atoms with Crippen LogP contribution in [0.4, 0.5) is 0 Å². The molecule has 1 aromatic rings. The fourth-order valence-corrected chi connectivity index (χ4v) is 3.90. The molecule has 0 bridgehead atoms. The molecule has 1 aromatic carbocycles. The molecular formula is C17H23NO5S. The average molecular weight is 353 g/mol. The second kappa shape index (κ2) is 7.34. The molecule has 0 spiro atoms. The number of carboxylic acid groups (broad SMARTS) is 1. The minimum Gasteiger partial charge on any atom is -0.481 e. The topological polar surface area (TPSA) is 91.8 Å². The average Bonchev–Trinajstić information content (AvgIpc) is 2.55. The number of rotatable bonds is 5. The van der Waals surface area contributed by atoms with Crippen LogP contribution in [-0.2, 0) is 25.8 Å². The maximum absolute atomic E-state index is 12.6. The van der Waals surface area contributed by atoms with E-state index in [1.807, 2.05) is 6.92 Å². The predicted octanol–water partition coefficient (Wildman–Crippen LogP) is 1.73. The summed E-state index contributed by atoms with van der Waals surface area (Å²) >= 11 is 0. The Morgan fingerprint density at radius 2 is 2.00 bits per heavy atom. The first-order chi connectivity index (χ1) is 11.2. The number of carbonyl (C=O) groups is 2. The highest BCUT2D eigenvalue weighted by atomic mass is 32.2. The summed E-state index contributed by atoms with van der Waals surface area (Å²) in [4.78, 5) is 25.5. The summed E-state index contributed by atoms with van der Waals surface area (Å²) in [5.41, 5.74) is 0.624. The molecule has 1 aliphatic rings. The summed E-state index contributed by atoms with van der Waals surface area (Å²) in [5.74, 6) is -1.57. The molecule has 0 saturated carbocycles. The molecule has 2 atom stereocenters. The third-order valence-corrected chi connectivity index (χ3v) is 6.28. The third-order valence-electron chi connectivity index (χ3n) is 4.54. The number of likely N-dealkylation sites (tertiary alicyclic amines) is 1. The molecule has 2 rings (SSSR count). The van der Waals surface area contributed by atoms with Crippen molar-refractivity contribution in [1.29, 1.82) is 0 Å². The lowest BCUT2D eigenvalue weighted by Crippen LogP contribution is -2.47. The summed E-state index contributed by atoms with van der Waals surface area (Å²) in [6.07, 6.45) is 1.31. The van der Waals surface area contributed by atoms with Gasteiger partial charge in [0.2, 0.25) is 5.91 Å². The van der Waals surface area contributed by atoms with Gasteiger partial charge in [-0.1, -0.05) is 19.1 Å². The number of nitrogens with zero attached hydrogens (tertiary/aromatic N) is 1. The van der Waals surface area contributed by atoms with Gasteiger partial charge in [-0.3, -0.25) is 9.59 Å². The maximum Gasteiger partial charge on any atom is 0.308 e. The number of hydrogen-bond donors (Lipinski definition) is 1. The molecule has 1 fully saturated rings. The van der Waals surface area contributed by atoms with Gasteiger partial charge < -0.3 is 10.0 Å². The molecule has 132 valence electrons. The zero-order chi connectivity index (χ0) is 17.9. The van der Waals surface area contributed by atoms with E-state index in [0.717, 1.165) is 0 Å². The van der Waals surface area contributed by atoms with Gasteiger partial charge in [-0.05, 0) is 37.5 Å². The van der Waals surface area contributed by atoms with Crippen LogP contribution < -0.4 is 0 Å². The van der Waals surface area contributed by atoms with Crippen LogP contribution in [0.2, 0.25) is 0 Å². The number of amides is 1. The van der Waals surface area contributed by atoms with Crippen molar-refractivity contribution in [3.8, 4) is 0 Å². The lowest BCUT2D eigenvalue weighted by Gasteiger charge is -2.36. The van der Waals surface area contributed by atoms with Gasteiger partial charge in [0.25, 0.3) is 0 Å². The zero-order valence-electron chi connectivity index (χ0n) is 13.9. The van der Waals surface area contributed by atoms with Gasteiger partial charge in [-0.2, -0.15) is 0 Å². The second-order valence-electron chi connectivity index (χ2n) is 6.24.